The summed E-state index contributed by atoms with van der Waals surface area (Å²) in [5.74, 6) is -0.266. The molecular formula is C19H14F2N2O4. The Hall–Kier alpha value is -3.42. The van der Waals surface area contributed by atoms with Crippen LogP contribution in [0.2, 0.25) is 0 Å². The first-order chi connectivity index (χ1) is 12.8. The lowest BCUT2D eigenvalue weighted by molar-refractivity contribution is -0.286. The first kappa shape index (κ1) is 17.0. The third kappa shape index (κ3) is 3.21. The smallest absolute Gasteiger partial charge is 0.395 e. The van der Waals surface area contributed by atoms with Crippen molar-refractivity contribution in [2.24, 2.45) is 0 Å². The standard InChI is InChI=1S/C19H14F2N2O4/c1-10-7-15-16(26-19(20,21)25-15)8-14(10)12-3-5-13(6-4-12)23-18(24)17-11(2)9-22-27-17/h3-9H,1-2H3,(H,23,24). The summed E-state index contributed by atoms with van der Waals surface area (Å²) in [4.78, 5) is 12.1. The molecule has 0 unspecified atom stereocenters. The number of aromatic nitrogens is 1. The Balaban J connectivity index is 1.57. The number of alkyl halides is 2. The van der Waals surface area contributed by atoms with Crippen molar-refractivity contribution in [1.82, 2.24) is 5.16 Å². The molecular weight excluding hydrogens is 358 g/mol. The maximum atomic E-state index is 13.2. The van der Waals surface area contributed by atoms with Crippen LogP contribution in [0.5, 0.6) is 11.5 Å². The van der Waals surface area contributed by atoms with Gasteiger partial charge in [-0.05, 0) is 54.8 Å². The minimum Gasteiger partial charge on any atom is -0.395 e. The van der Waals surface area contributed by atoms with Crippen LogP contribution in [0.4, 0.5) is 14.5 Å². The van der Waals surface area contributed by atoms with Gasteiger partial charge in [0.1, 0.15) is 0 Å². The average molecular weight is 372 g/mol. The van der Waals surface area contributed by atoms with Gasteiger partial charge in [-0.2, -0.15) is 0 Å². The Morgan fingerprint density at radius 1 is 1.04 bits per heavy atom. The van der Waals surface area contributed by atoms with Crippen LogP contribution in [0, 0.1) is 13.8 Å². The SMILES string of the molecule is Cc1cc2c(cc1-c1ccc(NC(=O)c3oncc3C)cc1)OC(F)(F)O2. The fraction of sp³-hybridized carbons (Fsp3) is 0.158. The van der Waals surface area contributed by atoms with Crippen molar-refractivity contribution >= 4 is 11.6 Å². The van der Waals surface area contributed by atoms with Gasteiger partial charge >= 0.3 is 6.29 Å². The van der Waals surface area contributed by atoms with E-state index < -0.39 is 12.2 Å². The number of aryl methyl sites for hydroxylation is 2. The normalized spacial score (nSPS) is 14.2. The third-order valence-electron chi connectivity index (χ3n) is 4.16. The Morgan fingerprint density at radius 3 is 2.33 bits per heavy atom. The van der Waals surface area contributed by atoms with Gasteiger partial charge in [-0.1, -0.05) is 17.3 Å². The molecule has 0 bridgehead atoms. The number of hydrogen-bond donors (Lipinski definition) is 1. The van der Waals surface area contributed by atoms with E-state index in [1.54, 1.807) is 38.1 Å². The van der Waals surface area contributed by atoms with Crippen molar-refractivity contribution in [3.8, 4) is 22.6 Å². The number of nitrogens with zero attached hydrogens (tertiary/aromatic N) is 1. The molecule has 27 heavy (non-hydrogen) atoms. The van der Waals surface area contributed by atoms with E-state index in [0.717, 1.165) is 16.7 Å². The van der Waals surface area contributed by atoms with E-state index in [1.165, 1.54) is 18.3 Å². The minimum atomic E-state index is -3.65. The predicted molar refractivity (Wildman–Crippen MR) is 92.0 cm³/mol. The molecule has 6 nitrogen and oxygen atoms in total. The van der Waals surface area contributed by atoms with Crippen LogP contribution in [-0.2, 0) is 0 Å². The molecule has 0 fully saturated rings. The van der Waals surface area contributed by atoms with Gasteiger partial charge in [0.25, 0.3) is 5.91 Å². The summed E-state index contributed by atoms with van der Waals surface area (Å²) in [7, 11) is 0. The highest BCUT2D eigenvalue weighted by Gasteiger charge is 2.43. The molecule has 1 aliphatic heterocycles. The van der Waals surface area contributed by atoms with Crippen LogP contribution < -0.4 is 14.8 Å². The Bertz CT molecular complexity index is 1030. The Kier molecular flexibility index (Phi) is 3.83. The lowest BCUT2D eigenvalue weighted by atomic mass is 9.99. The number of anilines is 1. The Morgan fingerprint density at radius 2 is 1.70 bits per heavy atom. The molecule has 2 aromatic carbocycles. The highest BCUT2D eigenvalue weighted by molar-refractivity contribution is 6.03. The zero-order valence-electron chi connectivity index (χ0n) is 14.4. The van der Waals surface area contributed by atoms with Gasteiger partial charge in [-0.25, -0.2) is 0 Å². The minimum absolute atomic E-state index is 0.00700. The summed E-state index contributed by atoms with van der Waals surface area (Å²) in [5.41, 5.74) is 3.45. The second-order valence-electron chi connectivity index (χ2n) is 6.15. The highest BCUT2D eigenvalue weighted by Crippen LogP contribution is 2.44. The second kappa shape index (κ2) is 6.08. The molecule has 0 saturated heterocycles. The van der Waals surface area contributed by atoms with E-state index in [9.17, 15) is 13.6 Å². The van der Waals surface area contributed by atoms with E-state index in [0.29, 0.717) is 11.3 Å². The summed E-state index contributed by atoms with van der Waals surface area (Å²) in [6, 6.07) is 9.97. The van der Waals surface area contributed by atoms with Crippen LogP contribution in [0.1, 0.15) is 21.7 Å². The quantitative estimate of drug-likeness (QED) is 0.731. The molecule has 1 amide bonds. The molecule has 138 valence electrons. The van der Waals surface area contributed by atoms with Crippen molar-refractivity contribution in [2.75, 3.05) is 5.32 Å². The lowest BCUT2D eigenvalue weighted by Gasteiger charge is -2.09. The first-order valence-corrected chi connectivity index (χ1v) is 8.06. The van der Waals surface area contributed by atoms with E-state index in [-0.39, 0.29) is 17.3 Å². The van der Waals surface area contributed by atoms with Gasteiger partial charge in [0.05, 0.1) is 6.20 Å². The molecule has 1 N–H and O–H groups in total. The summed E-state index contributed by atoms with van der Waals surface area (Å²) < 4.78 is 40.3. The van der Waals surface area contributed by atoms with E-state index in [2.05, 4.69) is 19.9 Å². The summed E-state index contributed by atoms with van der Waals surface area (Å²) in [6.07, 6.45) is -2.19. The molecule has 0 radical (unpaired) electrons. The molecule has 0 aliphatic carbocycles. The van der Waals surface area contributed by atoms with E-state index >= 15 is 0 Å². The molecule has 0 spiro atoms. The molecule has 2 heterocycles. The Labute approximate surface area is 152 Å². The van der Waals surface area contributed by atoms with Gasteiger partial charge < -0.3 is 19.3 Å². The van der Waals surface area contributed by atoms with Gasteiger partial charge in [-0.15, -0.1) is 8.78 Å². The first-order valence-electron chi connectivity index (χ1n) is 8.06. The zero-order chi connectivity index (χ0) is 19.2. The summed E-state index contributed by atoms with van der Waals surface area (Å²) in [6.45, 7) is 3.51. The van der Waals surface area contributed by atoms with Crippen LogP contribution in [0.25, 0.3) is 11.1 Å². The summed E-state index contributed by atoms with van der Waals surface area (Å²) >= 11 is 0. The molecule has 4 rings (SSSR count). The number of carbonyl (C=O) groups excluding carboxylic acids is 1. The van der Waals surface area contributed by atoms with Gasteiger partial charge in [0, 0.05) is 11.3 Å². The second-order valence-corrected chi connectivity index (χ2v) is 6.15. The predicted octanol–water partition coefficient (Wildman–Crippen LogP) is 4.53. The molecule has 1 aromatic heterocycles. The van der Waals surface area contributed by atoms with Crippen molar-refractivity contribution < 1.29 is 27.6 Å². The van der Waals surface area contributed by atoms with Crippen LogP contribution in [0.3, 0.4) is 0 Å². The highest BCUT2D eigenvalue weighted by atomic mass is 19.3. The molecule has 1 aliphatic rings. The molecule has 0 atom stereocenters. The van der Waals surface area contributed by atoms with Gasteiger partial charge in [0.15, 0.2) is 11.5 Å². The fourth-order valence-corrected chi connectivity index (χ4v) is 2.84. The van der Waals surface area contributed by atoms with Gasteiger partial charge in [0.2, 0.25) is 5.76 Å². The number of fused-ring (bicyclic) bond motifs is 1. The number of carbonyl (C=O) groups is 1. The zero-order valence-corrected chi connectivity index (χ0v) is 14.4. The third-order valence-corrected chi connectivity index (χ3v) is 4.16. The monoisotopic (exact) mass is 372 g/mol. The number of halogens is 2. The van der Waals surface area contributed by atoms with Crippen LogP contribution in [-0.4, -0.2) is 17.4 Å². The topological polar surface area (TPSA) is 73.6 Å². The number of nitrogens with one attached hydrogen (secondary N) is 1. The number of hydrogen-bond acceptors (Lipinski definition) is 5. The fourth-order valence-electron chi connectivity index (χ4n) is 2.84. The van der Waals surface area contributed by atoms with Crippen LogP contribution in [0.15, 0.2) is 47.1 Å². The van der Waals surface area contributed by atoms with Crippen LogP contribution >= 0.6 is 0 Å². The molecule has 3 aromatic rings. The number of benzene rings is 2. The number of amides is 1. The maximum Gasteiger partial charge on any atom is 0.586 e. The van der Waals surface area contributed by atoms with Crippen molar-refractivity contribution in [1.29, 1.82) is 0 Å². The maximum absolute atomic E-state index is 13.2. The van der Waals surface area contributed by atoms with Gasteiger partial charge in [-0.3, -0.25) is 4.79 Å². The van der Waals surface area contributed by atoms with Crippen molar-refractivity contribution in [3.05, 3.63) is 59.5 Å². The average Bonchev–Trinajstić information content (AvgIpc) is 3.16. The molecule has 0 saturated carbocycles. The summed E-state index contributed by atoms with van der Waals surface area (Å²) in [5, 5.41) is 6.29. The van der Waals surface area contributed by atoms with E-state index in [4.69, 9.17) is 4.52 Å². The lowest BCUT2D eigenvalue weighted by Crippen LogP contribution is -2.25. The van der Waals surface area contributed by atoms with Crippen molar-refractivity contribution in [3.63, 3.8) is 0 Å². The largest absolute Gasteiger partial charge is 0.586 e. The van der Waals surface area contributed by atoms with E-state index in [1.807, 2.05) is 0 Å². The van der Waals surface area contributed by atoms with Crippen molar-refractivity contribution in [2.45, 2.75) is 20.1 Å². The number of ether oxygens (including phenoxy) is 2. The molecule has 8 heteroatoms. The number of rotatable bonds is 3.